The first kappa shape index (κ1) is 41.9. The molecule has 0 bridgehead atoms. The first-order valence-electron chi connectivity index (χ1n) is 16.1. The second kappa shape index (κ2) is 18.0. The van der Waals surface area contributed by atoms with Crippen molar-refractivity contribution in [3.8, 4) is 0 Å². The lowest BCUT2D eigenvalue weighted by Gasteiger charge is -2.50. The molecule has 4 heterocycles. The molecule has 4 aliphatic rings. The minimum atomic E-state index is -2.06. The van der Waals surface area contributed by atoms with Crippen molar-refractivity contribution in [3.63, 3.8) is 0 Å². The quantitative estimate of drug-likeness (QED) is 0.0881. The Bertz CT molecular complexity index is 1140. The number of hydrogen-bond donors (Lipinski definition) is 14. The lowest BCUT2D eigenvalue weighted by atomic mass is 9.94. The maximum absolute atomic E-state index is 12.3. The third kappa shape index (κ3) is 9.11. The van der Waals surface area contributed by atoms with Gasteiger partial charge in [-0.15, -0.1) is 0 Å². The Morgan fingerprint density at radius 1 is 0.471 bits per heavy atom. The van der Waals surface area contributed by atoms with Crippen molar-refractivity contribution in [3.05, 3.63) is 0 Å². The van der Waals surface area contributed by atoms with Gasteiger partial charge in [-0.25, -0.2) is 0 Å². The van der Waals surface area contributed by atoms with E-state index in [9.17, 15) is 70.9 Å². The van der Waals surface area contributed by atoms with Crippen LogP contribution in [0.4, 0.5) is 0 Å². The van der Waals surface area contributed by atoms with Gasteiger partial charge in [0, 0.05) is 13.8 Å². The van der Waals surface area contributed by atoms with Gasteiger partial charge in [-0.1, -0.05) is 0 Å². The van der Waals surface area contributed by atoms with Gasteiger partial charge in [0.1, 0.15) is 97.5 Å². The van der Waals surface area contributed by atoms with Crippen LogP contribution in [0.25, 0.3) is 0 Å². The highest BCUT2D eigenvalue weighted by atomic mass is 16.8. The van der Waals surface area contributed by atoms with Crippen LogP contribution in [-0.4, -0.2) is 222 Å². The van der Waals surface area contributed by atoms with Crippen molar-refractivity contribution in [2.75, 3.05) is 26.4 Å². The van der Waals surface area contributed by atoms with Gasteiger partial charge in [-0.2, -0.15) is 0 Å². The fourth-order valence-electron chi connectivity index (χ4n) is 6.34. The van der Waals surface area contributed by atoms with E-state index in [-0.39, 0.29) is 0 Å². The Morgan fingerprint density at radius 2 is 0.843 bits per heavy atom. The van der Waals surface area contributed by atoms with Crippen LogP contribution >= 0.6 is 0 Å². The Labute approximate surface area is 289 Å². The Hall–Kier alpha value is -1.82. The van der Waals surface area contributed by atoms with Gasteiger partial charge in [0.15, 0.2) is 25.2 Å². The third-order valence-corrected chi connectivity index (χ3v) is 9.01. The highest BCUT2D eigenvalue weighted by molar-refractivity contribution is 5.73. The molecule has 0 aromatic carbocycles. The number of aliphatic hydroxyl groups is 12. The summed E-state index contributed by atoms with van der Waals surface area (Å²) in [6.45, 7) is -1.32. The van der Waals surface area contributed by atoms with Crippen molar-refractivity contribution in [2.45, 2.75) is 137 Å². The molecule has 296 valence electrons. The monoisotopic (exact) mass is 748 g/mol. The van der Waals surface area contributed by atoms with E-state index in [1.807, 2.05) is 0 Å². The van der Waals surface area contributed by atoms with Gasteiger partial charge < -0.3 is 105 Å². The van der Waals surface area contributed by atoms with E-state index in [0.717, 1.165) is 13.8 Å². The highest BCUT2D eigenvalue weighted by Gasteiger charge is 2.56. The second-order valence-electron chi connectivity index (χ2n) is 12.6. The van der Waals surface area contributed by atoms with Gasteiger partial charge in [0.05, 0.1) is 26.4 Å². The van der Waals surface area contributed by atoms with Gasteiger partial charge in [-0.3, -0.25) is 9.59 Å². The van der Waals surface area contributed by atoms with Crippen LogP contribution in [-0.2, 0) is 42.7 Å². The van der Waals surface area contributed by atoms with Crippen molar-refractivity contribution in [1.82, 2.24) is 10.6 Å². The summed E-state index contributed by atoms with van der Waals surface area (Å²) in [5, 5.41) is 130. The molecule has 1 unspecified atom stereocenters. The van der Waals surface area contributed by atoms with E-state index in [1.54, 1.807) is 0 Å². The zero-order valence-corrected chi connectivity index (χ0v) is 27.4. The third-order valence-electron chi connectivity index (χ3n) is 9.01. The van der Waals surface area contributed by atoms with Crippen LogP contribution in [0.3, 0.4) is 0 Å². The first-order valence-corrected chi connectivity index (χ1v) is 16.1. The van der Waals surface area contributed by atoms with Crippen LogP contribution in [0.5, 0.6) is 0 Å². The van der Waals surface area contributed by atoms with Gasteiger partial charge in [0.25, 0.3) is 0 Å². The summed E-state index contributed by atoms with van der Waals surface area (Å²) in [5.41, 5.74) is 0. The molecule has 4 aliphatic heterocycles. The molecule has 0 radical (unpaired) electrons. The second-order valence-corrected chi connectivity index (χ2v) is 12.6. The SMILES string of the molecule is CC(=O)N[C@H]1[C@H](O[C@H]2[C@@H](O)[C@@H](CO)O[C@@H](O[C@H]3[C@H](O)[C@@H](CO)OC(O)[C@@H]3NC(C)=O)[C@@H]2O)O[C@H](CO)[C@@H](O)[C@@H]1O[C@@H]1O[C@H](CO)[C@H](O)[C@H](O)[C@H]1O. The summed E-state index contributed by atoms with van der Waals surface area (Å²) in [7, 11) is 0. The van der Waals surface area contributed by atoms with E-state index in [2.05, 4.69) is 10.6 Å². The van der Waals surface area contributed by atoms with Crippen molar-refractivity contribution in [2.24, 2.45) is 0 Å². The van der Waals surface area contributed by atoms with Crippen molar-refractivity contribution in [1.29, 1.82) is 0 Å². The van der Waals surface area contributed by atoms with Crippen molar-refractivity contribution < 1.29 is 104 Å². The number of aliphatic hydroxyl groups excluding tert-OH is 12. The number of nitrogens with one attached hydrogen (secondary N) is 2. The molecule has 0 aromatic rings. The summed E-state index contributed by atoms with van der Waals surface area (Å²) in [4.78, 5) is 24.2. The molecule has 51 heavy (non-hydrogen) atoms. The molecular formula is C28H48N2O21. The van der Waals surface area contributed by atoms with Crippen LogP contribution in [0.2, 0.25) is 0 Å². The van der Waals surface area contributed by atoms with Gasteiger partial charge in [0.2, 0.25) is 11.8 Å². The highest BCUT2D eigenvalue weighted by Crippen LogP contribution is 2.34. The molecule has 0 spiro atoms. The average Bonchev–Trinajstić information content (AvgIpc) is 3.08. The van der Waals surface area contributed by atoms with Gasteiger partial charge in [-0.05, 0) is 0 Å². The van der Waals surface area contributed by atoms with Crippen molar-refractivity contribution >= 4 is 11.8 Å². The Kier molecular flexibility index (Phi) is 14.8. The number of rotatable bonds is 12. The van der Waals surface area contributed by atoms with E-state index >= 15 is 0 Å². The maximum Gasteiger partial charge on any atom is 0.217 e. The average molecular weight is 749 g/mol. The van der Waals surface area contributed by atoms with E-state index in [4.69, 9.17) is 33.2 Å². The summed E-state index contributed by atoms with van der Waals surface area (Å²) in [6.07, 6.45) is -31.9. The summed E-state index contributed by atoms with van der Waals surface area (Å²) < 4.78 is 39.2. The number of amides is 2. The number of carbonyl (C=O) groups is 2. The number of carbonyl (C=O) groups excluding carboxylic acids is 2. The lowest BCUT2D eigenvalue weighted by molar-refractivity contribution is -0.375. The summed E-state index contributed by atoms with van der Waals surface area (Å²) >= 11 is 0. The molecule has 0 aromatic heterocycles. The summed E-state index contributed by atoms with van der Waals surface area (Å²) in [5.74, 6) is -1.47. The molecule has 23 heteroatoms. The molecule has 4 saturated heterocycles. The zero-order valence-electron chi connectivity index (χ0n) is 27.4. The van der Waals surface area contributed by atoms with Gasteiger partial charge >= 0.3 is 0 Å². The molecule has 14 N–H and O–H groups in total. The molecule has 23 nitrogen and oxygen atoms in total. The lowest BCUT2D eigenvalue weighted by Crippen LogP contribution is -2.70. The van der Waals surface area contributed by atoms with Crippen LogP contribution in [0.15, 0.2) is 0 Å². The Morgan fingerprint density at radius 3 is 1.33 bits per heavy atom. The summed E-state index contributed by atoms with van der Waals surface area (Å²) in [6, 6.07) is -3.11. The maximum atomic E-state index is 12.3. The normalized spacial score (nSPS) is 47.8. The number of ether oxygens (including phenoxy) is 7. The fourth-order valence-corrected chi connectivity index (χ4v) is 6.34. The topological polar surface area (TPSA) is 366 Å². The molecule has 4 fully saturated rings. The van der Waals surface area contributed by atoms with Crippen LogP contribution in [0.1, 0.15) is 13.8 Å². The standard InChI is InChI=1S/C28H48N2O21/c1-7(35)29-13-22(16(38)10(4-32)45-25(13)44)49-28-21(43)24(18(40)12(6-34)48-28)51-26-14(30-8(2)36)23(17(39)11(5-33)46-26)50-27-20(42)19(41)15(37)9(3-31)47-27/h9-28,31-34,37-44H,3-6H2,1-2H3,(H,29,35)(H,30,36)/t9-,10-,11-,12-,13-,14-,15+,16-,17-,18+,19+,20-,21-,22-,23-,24+,25?,26+,27+,28+/m1/s1. The predicted octanol–water partition coefficient (Wildman–Crippen LogP) is -9.46. The molecule has 20 atom stereocenters. The smallest absolute Gasteiger partial charge is 0.217 e. The predicted molar refractivity (Wildman–Crippen MR) is 157 cm³/mol. The van der Waals surface area contributed by atoms with E-state index < -0.39 is 161 Å². The largest absolute Gasteiger partial charge is 0.394 e. The minimum absolute atomic E-state index is 0.694. The van der Waals surface area contributed by atoms with Crippen LogP contribution < -0.4 is 10.6 Å². The molecular weight excluding hydrogens is 700 g/mol. The fraction of sp³-hybridized carbons (Fsp3) is 0.929. The van der Waals surface area contributed by atoms with Crippen LogP contribution in [0, 0.1) is 0 Å². The zero-order chi connectivity index (χ0) is 37.9. The van der Waals surface area contributed by atoms with E-state index in [1.165, 1.54) is 0 Å². The molecule has 2 amide bonds. The first-order chi connectivity index (χ1) is 24.1. The number of hydrogen-bond acceptors (Lipinski definition) is 21. The molecule has 4 rings (SSSR count). The Balaban J connectivity index is 1.63. The van der Waals surface area contributed by atoms with E-state index in [0.29, 0.717) is 0 Å². The molecule has 0 saturated carbocycles. The minimum Gasteiger partial charge on any atom is -0.394 e. The molecule has 0 aliphatic carbocycles.